The second kappa shape index (κ2) is 8.57. The van der Waals surface area contributed by atoms with E-state index in [1.54, 1.807) is 6.92 Å². The van der Waals surface area contributed by atoms with Crippen molar-refractivity contribution in [2.45, 2.75) is 32.5 Å². The lowest BCUT2D eigenvalue weighted by atomic mass is 9.94. The highest BCUT2D eigenvalue weighted by Crippen LogP contribution is 2.27. The van der Waals surface area contributed by atoms with E-state index in [9.17, 15) is 18.0 Å². The Labute approximate surface area is 177 Å². The molecule has 1 saturated heterocycles. The van der Waals surface area contributed by atoms with Gasteiger partial charge in [-0.3, -0.25) is 9.59 Å². The van der Waals surface area contributed by atoms with Gasteiger partial charge in [0, 0.05) is 19.6 Å². The maximum Gasteiger partial charge on any atom is 0.247 e. The van der Waals surface area contributed by atoms with Crippen molar-refractivity contribution < 1.29 is 18.0 Å². The fraction of sp³-hybridized carbons (Fsp3) is 0.364. The van der Waals surface area contributed by atoms with Crippen LogP contribution in [0.25, 0.3) is 0 Å². The Bertz CT molecular complexity index is 1020. The summed E-state index contributed by atoms with van der Waals surface area (Å²) in [5.74, 6) is -0.787. The second-order valence-corrected chi connectivity index (χ2v) is 9.92. The number of rotatable bonds is 6. The Hall–Kier alpha value is -2.71. The molecule has 8 heteroatoms. The van der Waals surface area contributed by atoms with Crippen molar-refractivity contribution in [2.24, 2.45) is 0 Å². The summed E-state index contributed by atoms with van der Waals surface area (Å²) in [5.41, 5.74) is 1.55. The van der Waals surface area contributed by atoms with E-state index >= 15 is 0 Å². The van der Waals surface area contributed by atoms with Gasteiger partial charge in [-0.1, -0.05) is 60.2 Å². The molecule has 2 aromatic rings. The summed E-state index contributed by atoms with van der Waals surface area (Å²) in [4.78, 5) is 27.7. The van der Waals surface area contributed by atoms with Crippen molar-refractivity contribution >= 4 is 21.8 Å². The van der Waals surface area contributed by atoms with Crippen LogP contribution in [-0.2, 0) is 32.7 Å². The number of benzene rings is 2. The maximum atomic E-state index is 13.2. The van der Waals surface area contributed by atoms with Gasteiger partial charge in [0.25, 0.3) is 0 Å². The molecule has 1 heterocycles. The van der Waals surface area contributed by atoms with Gasteiger partial charge in [-0.25, -0.2) is 8.42 Å². The molecule has 0 aromatic heterocycles. The highest BCUT2D eigenvalue weighted by Gasteiger charge is 2.49. The molecule has 30 heavy (non-hydrogen) atoms. The molecule has 3 rings (SSSR count). The van der Waals surface area contributed by atoms with Gasteiger partial charge in [-0.15, -0.1) is 0 Å². The molecule has 7 nitrogen and oxygen atoms in total. The molecule has 160 valence electrons. The van der Waals surface area contributed by atoms with Crippen molar-refractivity contribution in [3.8, 4) is 0 Å². The highest BCUT2D eigenvalue weighted by atomic mass is 32.2. The van der Waals surface area contributed by atoms with Crippen molar-refractivity contribution in [1.82, 2.24) is 14.5 Å². The van der Waals surface area contributed by atoms with E-state index in [4.69, 9.17) is 0 Å². The first-order chi connectivity index (χ1) is 14.1. The lowest BCUT2D eigenvalue weighted by Crippen LogP contribution is -2.69. The number of hydrogen-bond acceptors (Lipinski definition) is 4. The summed E-state index contributed by atoms with van der Waals surface area (Å²) in [7, 11) is -3.63. The number of carbonyl (C=O) groups excluding carboxylic acids is 2. The van der Waals surface area contributed by atoms with Gasteiger partial charge >= 0.3 is 0 Å². The first-order valence-corrected chi connectivity index (χ1v) is 11.6. The summed E-state index contributed by atoms with van der Waals surface area (Å²) in [6, 6.07) is 17.1. The van der Waals surface area contributed by atoms with Crippen LogP contribution in [0.5, 0.6) is 0 Å². The quantitative estimate of drug-likeness (QED) is 0.757. The van der Waals surface area contributed by atoms with Crippen LogP contribution >= 0.6 is 0 Å². The number of carbonyl (C=O) groups is 2. The Balaban J connectivity index is 1.88. The molecular weight excluding hydrogens is 402 g/mol. The summed E-state index contributed by atoms with van der Waals surface area (Å²) in [6.45, 7) is 3.75. The fourth-order valence-electron chi connectivity index (χ4n) is 3.53. The van der Waals surface area contributed by atoms with Gasteiger partial charge in [0.15, 0.2) is 0 Å². The van der Waals surface area contributed by atoms with E-state index in [0.717, 1.165) is 27.3 Å². The minimum Gasteiger partial charge on any atom is -0.350 e. The molecule has 2 aromatic carbocycles. The van der Waals surface area contributed by atoms with Gasteiger partial charge in [0.05, 0.1) is 12.8 Å². The fourth-order valence-corrected chi connectivity index (χ4v) is 4.36. The Morgan fingerprint density at radius 3 is 2.30 bits per heavy atom. The molecule has 0 radical (unpaired) electrons. The van der Waals surface area contributed by atoms with Crippen molar-refractivity contribution in [3.63, 3.8) is 0 Å². The highest BCUT2D eigenvalue weighted by molar-refractivity contribution is 7.88. The summed E-state index contributed by atoms with van der Waals surface area (Å²) in [6.07, 6.45) is 1.05. The van der Waals surface area contributed by atoms with Crippen LogP contribution in [0, 0.1) is 6.92 Å². The summed E-state index contributed by atoms with van der Waals surface area (Å²) in [5, 5.41) is 2.87. The number of hydrogen-bond donors (Lipinski definition) is 1. The number of amides is 2. The predicted octanol–water partition coefficient (Wildman–Crippen LogP) is 1.67. The zero-order chi connectivity index (χ0) is 21.9. The van der Waals surface area contributed by atoms with E-state index in [1.165, 1.54) is 4.90 Å². The van der Waals surface area contributed by atoms with Crippen LogP contribution < -0.4 is 5.32 Å². The van der Waals surface area contributed by atoms with Gasteiger partial charge in [-0.05, 0) is 25.0 Å². The molecule has 0 unspecified atom stereocenters. The minimum absolute atomic E-state index is 0.0932. The molecule has 0 spiro atoms. The number of nitrogens with one attached hydrogen (secondary N) is 1. The van der Waals surface area contributed by atoms with Crippen LogP contribution in [0.2, 0.25) is 0 Å². The monoisotopic (exact) mass is 429 g/mol. The third kappa shape index (κ3) is 4.88. The van der Waals surface area contributed by atoms with Gasteiger partial charge in [0.1, 0.15) is 5.54 Å². The van der Waals surface area contributed by atoms with Gasteiger partial charge in [0.2, 0.25) is 21.8 Å². The molecular formula is C22H27N3O4S. The predicted molar refractivity (Wildman–Crippen MR) is 115 cm³/mol. The number of piperazine rings is 1. The Morgan fingerprint density at radius 2 is 1.70 bits per heavy atom. The van der Waals surface area contributed by atoms with Crippen LogP contribution in [-0.4, -0.2) is 54.3 Å². The topological polar surface area (TPSA) is 86.8 Å². The van der Waals surface area contributed by atoms with Crippen LogP contribution in [0.4, 0.5) is 0 Å². The maximum absolute atomic E-state index is 13.2. The molecule has 0 aliphatic carbocycles. The zero-order valence-electron chi connectivity index (χ0n) is 17.5. The van der Waals surface area contributed by atoms with Crippen molar-refractivity contribution in [2.75, 3.05) is 19.3 Å². The smallest absolute Gasteiger partial charge is 0.247 e. The molecule has 0 bridgehead atoms. The molecule has 0 saturated carbocycles. The van der Waals surface area contributed by atoms with Crippen molar-refractivity contribution in [3.05, 3.63) is 71.3 Å². The van der Waals surface area contributed by atoms with E-state index < -0.39 is 21.5 Å². The standard InChI is InChI=1S/C22H27N3O4S/c1-17-9-11-19(12-10-17)14-25-20(26)15-24(30(3,28)29)16-22(25,2)21(27)23-13-18-7-5-4-6-8-18/h4-12H,13-16H2,1-3H3,(H,23,27)/t22-/m1/s1. The van der Waals surface area contributed by atoms with Crippen molar-refractivity contribution in [1.29, 1.82) is 0 Å². The molecule has 1 aliphatic heterocycles. The Morgan fingerprint density at radius 1 is 1.07 bits per heavy atom. The number of sulfonamides is 1. The van der Waals surface area contributed by atoms with Gasteiger partial charge < -0.3 is 10.2 Å². The van der Waals surface area contributed by atoms with E-state index in [0.29, 0.717) is 6.54 Å². The van der Waals surface area contributed by atoms with E-state index in [1.807, 2.05) is 61.5 Å². The van der Waals surface area contributed by atoms with E-state index in [2.05, 4.69) is 5.32 Å². The first kappa shape index (κ1) is 22.0. The lowest BCUT2D eigenvalue weighted by Gasteiger charge is -2.46. The summed E-state index contributed by atoms with van der Waals surface area (Å²) < 4.78 is 25.4. The second-order valence-electron chi connectivity index (χ2n) is 7.94. The summed E-state index contributed by atoms with van der Waals surface area (Å²) >= 11 is 0. The average molecular weight is 430 g/mol. The SMILES string of the molecule is Cc1ccc(CN2C(=O)CN(S(C)(=O)=O)C[C@]2(C)C(=O)NCc2ccccc2)cc1. The molecule has 1 N–H and O–H groups in total. The first-order valence-electron chi connectivity index (χ1n) is 9.73. The minimum atomic E-state index is -3.63. The van der Waals surface area contributed by atoms with Gasteiger partial charge in [-0.2, -0.15) is 4.31 Å². The van der Waals surface area contributed by atoms with E-state index in [-0.39, 0.29) is 25.5 Å². The molecule has 1 fully saturated rings. The zero-order valence-corrected chi connectivity index (χ0v) is 18.3. The molecule has 2 amide bonds. The van der Waals surface area contributed by atoms with Crippen LogP contribution in [0.1, 0.15) is 23.6 Å². The lowest BCUT2D eigenvalue weighted by molar-refractivity contribution is -0.153. The third-order valence-corrected chi connectivity index (χ3v) is 6.60. The number of nitrogens with zero attached hydrogens (tertiary/aromatic N) is 2. The van der Waals surface area contributed by atoms with Crippen LogP contribution in [0.15, 0.2) is 54.6 Å². The molecule has 1 atom stereocenters. The third-order valence-electron chi connectivity index (χ3n) is 5.41. The van der Waals surface area contributed by atoms with Crippen LogP contribution in [0.3, 0.4) is 0 Å². The molecule has 1 aliphatic rings. The Kier molecular flexibility index (Phi) is 6.28. The largest absolute Gasteiger partial charge is 0.350 e. The number of aryl methyl sites for hydroxylation is 1. The average Bonchev–Trinajstić information content (AvgIpc) is 2.70. The normalized spacial score (nSPS) is 20.2.